The number of halogens is 2. The van der Waals surface area contributed by atoms with E-state index in [1.54, 1.807) is 6.07 Å². The van der Waals surface area contributed by atoms with Crippen molar-refractivity contribution >= 4 is 60.8 Å². The van der Waals surface area contributed by atoms with Crippen molar-refractivity contribution in [1.29, 1.82) is 0 Å². The van der Waals surface area contributed by atoms with E-state index in [-0.39, 0.29) is 6.61 Å². The number of hydrazine groups is 1. The molecule has 5 nitrogen and oxygen atoms in total. The molecule has 1 heterocycles. The summed E-state index contributed by atoms with van der Waals surface area (Å²) in [5.74, 6) is -0.375. The summed E-state index contributed by atoms with van der Waals surface area (Å²) in [6.45, 7) is 1.70. The number of hydrogen-bond donors (Lipinski definition) is 2. The van der Waals surface area contributed by atoms with Gasteiger partial charge in [-0.25, -0.2) is 0 Å². The number of rotatable bonds is 4. The van der Waals surface area contributed by atoms with Crippen LogP contribution in [0.15, 0.2) is 46.9 Å². The molecule has 0 aliphatic heterocycles. The molecule has 0 saturated carbocycles. The van der Waals surface area contributed by atoms with Crippen LogP contribution in [0.1, 0.15) is 15.2 Å². The first-order chi connectivity index (χ1) is 12.5. The van der Waals surface area contributed by atoms with Gasteiger partial charge in [0.2, 0.25) is 0 Å². The number of ether oxygens (including phenoxy) is 1. The van der Waals surface area contributed by atoms with E-state index < -0.39 is 11.8 Å². The molecular weight excluding hydrogens is 440 g/mol. The molecule has 0 saturated heterocycles. The van der Waals surface area contributed by atoms with Gasteiger partial charge in [0, 0.05) is 14.6 Å². The molecule has 3 aromatic rings. The zero-order valence-electron chi connectivity index (χ0n) is 13.6. The van der Waals surface area contributed by atoms with Gasteiger partial charge < -0.3 is 4.74 Å². The lowest BCUT2D eigenvalue weighted by molar-refractivity contribution is -0.123. The van der Waals surface area contributed by atoms with Gasteiger partial charge in [0.15, 0.2) is 6.61 Å². The molecule has 2 aromatic carbocycles. The molecule has 0 spiro atoms. The topological polar surface area (TPSA) is 67.4 Å². The first-order valence-electron chi connectivity index (χ1n) is 7.61. The van der Waals surface area contributed by atoms with Crippen LogP contribution in [0.5, 0.6) is 5.75 Å². The van der Waals surface area contributed by atoms with Gasteiger partial charge in [0.1, 0.15) is 10.6 Å². The predicted molar refractivity (Wildman–Crippen MR) is 107 cm³/mol. The van der Waals surface area contributed by atoms with Gasteiger partial charge in [0.05, 0.1) is 5.02 Å². The second-order valence-electron chi connectivity index (χ2n) is 5.44. The largest absolute Gasteiger partial charge is 0.484 e. The summed E-state index contributed by atoms with van der Waals surface area (Å²) in [7, 11) is 0. The Balaban J connectivity index is 1.55. The third-order valence-corrected chi connectivity index (χ3v) is 6.12. The minimum Gasteiger partial charge on any atom is -0.484 e. The van der Waals surface area contributed by atoms with Crippen molar-refractivity contribution in [3.8, 4) is 5.75 Å². The molecule has 2 amide bonds. The van der Waals surface area contributed by atoms with Crippen LogP contribution in [0.4, 0.5) is 0 Å². The molecule has 0 unspecified atom stereocenters. The summed E-state index contributed by atoms with van der Waals surface area (Å²) in [5.41, 5.74) is 5.68. The fourth-order valence-electron chi connectivity index (χ4n) is 2.24. The molecule has 134 valence electrons. The number of carbonyl (C=O) groups excluding carboxylic acids is 2. The number of nitrogens with one attached hydrogen (secondary N) is 2. The van der Waals surface area contributed by atoms with E-state index >= 15 is 0 Å². The second kappa shape index (κ2) is 8.07. The Morgan fingerprint density at radius 1 is 1.19 bits per heavy atom. The molecule has 2 N–H and O–H groups in total. The maximum Gasteiger partial charge on any atom is 0.281 e. The third-order valence-electron chi connectivity index (χ3n) is 3.56. The summed E-state index contributed by atoms with van der Waals surface area (Å²) < 4.78 is 7.27. The van der Waals surface area contributed by atoms with Crippen molar-refractivity contribution in [2.45, 2.75) is 6.92 Å². The summed E-state index contributed by atoms with van der Waals surface area (Å²) in [4.78, 5) is 24.5. The van der Waals surface area contributed by atoms with Crippen LogP contribution in [0.25, 0.3) is 10.1 Å². The average molecular weight is 454 g/mol. The zero-order chi connectivity index (χ0) is 18.7. The average Bonchev–Trinajstić information content (AvgIpc) is 2.98. The molecule has 0 atom stereocenters. The molecule has 0 aliphatic carbocycles. The highest BCUT2D eigenvalue weighted by atomic mass is 79.9. The molecule has 26 heavy (non-hydrogen) atoms. The number of benzene rings is 2. The van der Waals surface area contributed by atoms with Crippen molar-refractivity contribution in [2.75, 3.05) is 6.61 Å². The first-order valence-corrected chi connectivity index (χ1v) is 9.59. The maximum absolute atomic E-state index is 12.3. The van der Waals surface area contributed by atoms with E-state index in [1.807, 2.05) is 43.3 Å². The quantitative estimate of drug-likeness (QED) is 0.573. The number of carbonyl (C=O) groups is 2. The Morgan fingerprint density at radius 3 is 2.69 bits per heavy atom. The van der Waals surface area contributed by atoms with Crippen LogP contribution in [0.3, 0.4) is 0 Å². The molecular formula is C18H14BrClN2O3S. The van der Waals surface area contributed by atoms with Crippen LogP contribution < -0.4 is 15.6 Å². The highest BCUT2D eigenvalue weighted by molar-refractivity contribution is 9.10. The van der Waals surface area contributed by atoms with Crippen molar-refractivity contribution in [3.05, 3.63) is 62.4 Å². The standard InChI is InChI=1S/C18H14BrClN2O3S/c1-10-8-11(6-7-13(10)19)25-9-15(23)21-22-18(24)17-16(20)12-4-2-3-5-14(12)26-17/h2-8H,9H2,1H3,(H,21,23)(H,22,24). The molecule has 1 aromatic heterocycles. The van der Waals surface area contributed by atoms with E-state index in [0.717, 1.165) is 20.1 Å². The van der Waals surface area contributed by atoms with Gasteiger partial charge in [-0.15, -0.1) is 11.3 Å². The SMILES string of the molecule is Cc1cc(OCC(=O)NNC(=O)c2sc3ccccc3c2Cl)ccc1Br. The van der Waals surface area contributed by atoms with Gasteiger partial charge in [-0.1, -0.05) is 45.7 Å². The summed E-state index contributed by atoms with van der Waals surface area (Å²) in [5, 5.41) is 1.18. The summed E-state index contributed by atoms with van der Waals surface area (Å²) in [6.07, 6.45) is 0. The van der Waals surface area contributed by atoms with E-state index in [0.29, 0.717) is 15.6 Å². The van der Waals surface area contributed by atoms with Crippen LogP contribution in [-0.2, 0) is 4.79 Å². The van der Waals surface area contributed by atoms with E-state index in [1.165, 1.54) is 11.3 Å². The minimum absolute atomic E-state index is 0.221. The zero-order valence-corrected chi connectivity index (χ0v) is 16.8. The van der Waals surface area contributed by atoms with Crippen LogP contribution in [0, 0.1) is 6.92 Å². The van der Waals surface area contributed by atoms with Crippen molar-refractivity contribution < 1.29 is 14.3 Å². The predicted octanol–water partition coefficient (Wildman–Crippen LogP) is 4.47. The number of thiophene rings is 1. The second-order valence-corrected chi connectivity index (χ2v) is 7.73. The Hall–Kier alpha value is -2.09. The third kappa shape index (κ3) is 4.17. The minimum atomic E-state index is -0.476. The molecule has 8 heteroatoms. The molecule has 3 rings (SSSR count). The molecule has 0 aliphatic rings. The van der Waals surface area contributed by atoms with E-state index in [2.05, 4.69) is 26.8 Å². The van der Waals surface area contributed by atoms with Gasteiger partial charge in [0.25, 0.3) is 11.8 Å². The van der Waals surface area contributed by atoms with Crippen LogP contribution >= 0.6 is 38.9 Å². The first kappa shape index (κ1) is 18.7. The lowest BCUT2D eigenvalue weighted by atomic mass is 10.2. The lowest BCUT2D eigenvalue weighted by Crippen LogP contribution is -2.43. The van der Waals surface area contributed by atoms with Gasteiger partial charge in [-0.3, -0.25) is 20.4 Å². The van der Waals surface area contributed by atoms with Crippen LogP contribution in [0.2, 0.25) is 5.02 Å². The summed E-state index contributed by atoms with van der Waals surface area (Å²) in [6, 6.07) is 12.9. The van der Waals surface area contributed by atoms with Crippen LogP contribution in [-0.4, -0.2) is 18.4 Å². The van der Waals surface area contributed by atoms with E-state index in [4.69, 9.17) is 16.3 Å². The van der Waals surface area contributed by atoms with Crippen molar-refractivity contribution in [2.24, 2.45) is 0 Å². The fraction of sp³-hybridized carbons (Fsp3) is 0.111. The van der Waals surface area contributed by atoms with Crippen molar-refractivity contribution in [3.63, 3.8) is 0 Å². The van der Waals surface area contributed by atoms with E-state index in [9.17, 15) is 9.59 Å². The summed E-state index contributed by atoms with van der Waals surface area (Å²) >= 11 is 10.9. The van der Waals surface area contributed by atoms with Gasteiger partial charge in [-0.05, 0) is 36.8 Å². The Kier molecular flexibility index (Phi) is 5.80. The normalized spacial score (nSPS) is 10.6. The monoisotopic (exact) mass is 452 g/mol. The molecule has 0 radical (unpaired) electrons. The highest BCUT2D eigenvalue weighted by Crippen LogP contribution is 2.34. The number of hydrogen-bond acceptors (Lipinski definition) is 4. The maximum atomic E-state index is 12.3. The van der Waals surface area contributed by atoms with Gasteiger partial charge >= 0.3 is 0 Å². The number of amides is 2. The lowest BCUT2D eigenvalue weighted by Gasteiger charge is -2.09. The fourth-order valence-corrected chi connectivity index (χ4v) is 3.89. The molecule has 0 fully saturated rings. The van der Waals surface area contributed by atoms with Crippen molar-refractivity contribution in [1.82, 2.24) is 10.9 Å². The Morgan fingerprint density at radius 2 is 1.96 bits per heavy atom. The Bertz CT molecular complexity index is 990. The number of fused-ring (bicyclic) bond motifs is 1. The molecule has 0 bridgehead atoms. The van der Waals surface area contributed by atoms with Gasteiger partial charge in [-0.2, -0.15) is 0 Å². The Labute approximate surface area is 167 Å². The number of aryl methyl sites for hydroxylation is 1. The smallest absolute Gasteiger partial charge is 0.281 e. The highest BCUT2D eigenvalue weighted by Gasteiger charge is 2.17.